The first-order valence-electron chi connectivity index (χ1n) is 5.86. The van der Waals surface area contributed by atoms with Crippen LogP contribution in [0.4, 0.5) is 0 Å². The molecular weight excluding hydrogens is 250 g/mol. The maximum atomic E-state index is 11.8. The summed E-state index contributed by atoms with van der Waals surface area (Å²) in [7, 11) is 3.28. The summed E-state index contributed by atoms with van der Waals surface area (Å²) >= 11 is 0. The van der Waals surface area contributed by atoms with Crippen molar-refractivity contribution in [1.29, 1.82) is 0 Å². The van der Waals surface area contributed by atoms with E-state index in [1.807, 2.05) is 0 Å². The van der Waals surface area contributed by atoms with Crippen LogP contribution >= 0.6 is 17.3 Å². The monoisotopic (exact) mass is 274 g/mol. The molecule has 1 aliphatic heterocycles. The Morgan fingerprint density at radius 2 is 1.71 bits per heavy atom. The zero-order chi connectivity index (χ0) is 13.4. The van der Waals surface area contributed by atoms with Crippen LogP contribution in [0.15, 0.2) is 11.4 Å². The lowest BCUT2D eigenvalue weighted by Gasteiger charge is -2.42. The van der Waals surface area contributed by atoms with Gasteiger partial charge in [0.05, 0.1) is 0 Å². The van der Waals surface area contributed by atoms with Crippen molar-refractivity contribution < 1.29 is 4.79 Å². The molecule has 0 spiro atoms. The van der Waals surface area contributed by atoms with Crippen molar-refractivity contribution in [2.24, 2.45) is 10.8 Å². The topological polar surface area (TPSA) is 32.3 Å². The smallest absolute Gasteiger partial charge is 0.244 e. The maximum absolute atomic E-state index is 11.8. The molecule has 17 heavy (non-hydrogen) atoms. The van der Waals surface area contributed by atoms with Gasteiger partial charge in [0.1, 0.15) is 6.54 Å². The highest BCUT2D eigenvalue weighted by Crippen LogP contribution is 2.44. The van der Waals surface area contributed by atoms with E-state index in [9.17, 15) is 4.79 Å². The highest BCUT2D eigenvalue weighted by Gasteiger charge is 2.36. The Hall–Kier alpha value is -0.130. The maximum Gasteiger partial charge on any atom is 0.244 e. The number of allylic oxidation sites excluding steroid dienone is 2. The lowest BCUT2D eigenvalue weighted by molar-refractivity contribution is -0.121. The van der Waals surface area contributed by atoms with Gasteiger partial charge in [-0.3, -0.25) is 4.79 Å². The van der Waals surface area contributed by atoms with Crippen LogP contribution in [0, 0.1) is 10.8 Å². The van der Waals surface area contributed by atoms with E-state index >= 15 is 0 Å². The van der Waals surface area contributed by atoms with E-state index in [0.717, 1.165) is 5.70 Å². The zero-order valence-corrected chi connectivity index (χ0v) is 13.8. The van der Waals surface area contributed by atoms with E-state index in [1.54, 1.807) is 0 Å². The fourth-order valence-corrected chi connectivity index (χ4v) is 3.50. The molecule has 2 unspecified atom stereocenters. The fourth-order valence-electron chi connectivity index (χ4n) is 2.03. The molecule has 2 atom stereocenters. The molecule has 0 fully saturated rings. The van der Waals surface area contributed by atoms with E-state index in [0.29, 0.717) is 15.0 Å². The summed E-state index contributed by atoms with van der Waals surface area (Å²) in [5.41, 5.74) is 2.33. The van der Waals surface area contributed by atoms with Gasteiger partial charge in [-0.25, -0.2) is 0 Å². The molecule has 0 saturated carbocycles. The Kier molecular flexibility index (Phi) is 4.27. The van der Waals surface area contributed by atoms with Crippen molar-refractivity contribution in [3.63, 3.8) is 0 Å². The minimum atomic E-state index is -0.0404. The third kappa shape index (κ3) is 3.42. The summed E-state index contributed by atoms with van der Waals surface area (Å²) in [4.78, 5) is 11.8. The molecule has 0 aromatic heterocycles. The Balaban J connectivity index is 3.37. The Morgan fingerprint density at radius 3 is 2.06 bits per heavy atom. The Morgan fingerprint density at radius 1 is 1.18 bits per heavy atom. The van der Waals surface area contributed by atoms with Gasteiger partial charge in [-0.1, -0.05) is 50.5 Å². The second-order valence-electron chi connectivity index (χ2n) is 6.49. The first kappa shape index (κ1) is 14.9. The summed E-state index contributed by atoms with van der Waals surface area (Å²) in [6, 6.07) is 0. The van der Waals surface area contributed by atoms with Crippen molar-refractivity contribution in [3.05, 3.63) is 11.4 Å². The zero-order valence-electron chi connectivity index (χ0n) is 11.6. The molecule has 0 aliphatic carbocycles. The van der Waals surface area contributed by atoms with Crippen molar-refractivity contribution in [2.75, 3.05) is 6.54 Å². The van der Waals surface area contributed by atoms with Gasteiger partial charge in [-0.05, 0) is 8.42 Å². The lowest BCUT2D eigenvalue weighted by atomic mass is 9.81. The number of hydrogen-bond donors (Lipinski definition) is 1. The summed E-state index contributed by atoms with van der Waals surface area (Å²) in [6.07, 6.45) is 0. The van der Waals surface area contributed by atoms with Crippen LogP contribution in [-0.2, 0) is 4.79 Å². The van der Waals surface area contributed by atoms with E-state index in [-0.39, 0.29) is 16.7 Å². The molecule has 0 aromatic rings. The third-order valence-corrected chi connectivity index (χ3v) is 4.32. The number of rotatable bonds is 1. The molecule has 1 heterocycles. The lowest BCUT2D eigenvalue weighted by Crippen LogP contribution is -2.46. The van der Waals surface area contributed by atoms with Gasteiger partial charge < -0.3 is 9.99 Å². The highest BCUT2D eigenvalue weighted by atomic mass is 32.0. The second kappa shape index (κ2) is 4.86. The average Bonchev–Trinajstić information content (AvgIpc) is 2.12. The van der Waals surface area contributed by atoms with Gasteiger partial charge >= 0.3 is 0 Å². The Bertz CT molecular complexity index is 350. The second-order valence-corrected chi connectivity index (χ2v) is 8.06. The number of hydrogen-bond acceptors (Lipinski definition) is 2. The van der Waals surface area contributed by atoms with Crippen LogP contribution in [0.25, 0.3) is 0 Å². The van der Waals surface area contributed by atoms with Crippen LogP contribution < -0.4 is 5.32 Å². The van der Waals surface area contributed by atoms with Gasteiger partial charge in [0.15, 0.2) is 0 Å². The van der Waals surface area contributed by atoms with E-state index in [1.165, 1.54) is 5.70 Å². The molecule has 98 valence electrons. The number of carbonyl (C=O) groups is 1. The highest BCUT2D eigenvalue weighted by molar-refractivity contribution is 8.01. The first-order valence-corrected chi connectivity index (χ1v) is 8.62. The molecule has 0 radical (unpaired) electrons. The van der Waals surface area contributed by atoms with Gasteiger partial charge in [-0.2, -0.15) is 0 Å². The summed E-state index contributed by atoms with van der Waals surface area (Å²) in [6.45, 7) is 13.5. The molecule has 0 aromatic carbocycles. The van der Waals surface area contributed by atoms with Crippen LogP contribution in [0.1, 0.15) is 41.5 Å². The van der Waals surface area contributed by atoms with E-state index < -0.39 is 0 Å². The number of amides is 1. The summed E-state index contributed by atoms with van der Waals surface area (Å²) < 4.78 is 2.18. The SMILES string of the molecule is CC(C)(C)C1=C(C(C)(C)C)N(PP)CC(=O)N1. The molecule has 1 N–H and O–H groups in total. The van der Waals surface area contributed by atoms with Crippen molar-refractivity contribution in [2.45, 2.75) is 41.5 Å². The van der Waals surface area contributed by atoms with Gasteiger partial charge in [-0.15, -0.1) is 0 Å². The Labute approximate surface area is 109 Å². The standard InChI is InChI=1S/C12H24N2OP2/c1-11(2,3)9-10(12(4,5)6)14(17-16)7-8(15)13-9/h17H,7,16H2,1-6H3,(H,13,15). The minimum Gasteiger partial charge on any atom is -0.342 e. The van der Waals surface area contributed by atoms with Crippen LogP contribution in [-0.4, -0.2) is 17.1 Å². The molecular formula is C12H24N2OP2. The van der Waals surface area contributed by atoms with Crippen LogP contribution in [0.3, 0.4) is 0 Å². The normalized spacial score (nSPS) is 19.2. The molecule has 1 aliphatic rings. The third-order valence-electron chi connectivity index (χ3n) is 2.69. The van der Waals surface area contributed by atoms with Gasteiger partial charge in [0.25, 0.3) is 0 Å². The predicted molar refractivity (Wildman–Crippen MR) is 78.8 cm³/mol. The van der Waals surface area contributed by atoms with Crippen LogP contribution in [0.5, 0.6) is 0 Å². The largest absolute Gasteiger partial charge is 0.342 e. The van der Waals surface area contributed by atoms with Crippen molar-refractivity contribution >= 4 is 23.3 Å². The number of carbonyl (C=O) groups excluding carboxylic acids is 1. The average molecular weight is 274 g/mol. The van der Waals surface area contributed by atoms with Crippen LogP contribution in [0.2, 0.25) is 0 Å². The predicted octanol–water partition coefficient (Wildman–Crippen LogP) is 3.11. The van der Waals surface area contributed by atoms with Gasteiger partial charge in [0.2, 0.25) is 5.91 Å². The minimum absolute atomic E-state index is 0.0404. The molecule has 0 saturated heterocycles. The number of nitrogens with one attached hydrogen (secondary N) is 1. The molecule has 0 bridgehead atoms. The number of nitrogens with zero attached hydrogens (tertiary/aromatic N) is 1. The fraction of sp³-hybridized carbons (Fsp3) is 0.750. The molecule has 1 rings (SSSR count). The molecule has 3 nitrogen and oxygen atoms in total. The van der Waals surface area contributed by atoms with E-state index in [2.05, 4.69) is 60.5 Å². The summed E-state index contributed by atoms with van der Waals surface area (Å²) in [5.74, 6) is 0.0953. The summed E-state index contributed by atoms with van der Waals surface area (Å²) in [5, 5.41) is 3.07. The van der Waals surface area contributed by atoms with Crippen molar-refractivity contribution in [3.8, 4) is 0 Å². The van der Waals surface area contributed by atoms with E-state index in [4.69, 9.17) is 0 Å². The van der Waals surface area contributed by atoms with Crippen molar-refractivity contribution in [1.82, 2.24) is 9.99 Å². The molecule has 5 heteroatoms. The molecule has 1 amide bonds. The quantitative estimate of drug-likeness (QED) is 0.745. The first-order chi connectivity index (χ1) is 7.57. The van der Waals surface area contributed by atoms with Gasteiger partial charge in [0, 0.05) is 22.2 Å².